The van der Waals surface area contributed by atoms with Crippen LogP contribution in [0.2, 0.25) is 0 Å². The predicted octanol–water partition coefficient (Wildman–Crippen LogP) is 1.72. The molecule has 0 radical (unpaired) electrons. The van der Waals surface area contributed by atoms with Crippen LogP contribution in [-0.2, 0) is 0 Å². The van der Waals surface area contributed by atoms with Gasteiger partial charge in [0.1, 0.15) is 0 Å². The van der Waals surface area contributed by atoms with E-state index >= 15 is 0 Å². The first-order valence-corrected chi connectivity index (χ1v) is 6.32. The van der Waals surface area contributed by atoms with Crippen molar-refractivity contribution in [3.05, 3.63) is 18.5 Å². The van der Waals surface area contributed by atoms with E-state index in [9.17, 15) is 0 Å². The number of rotatable bonds is 4. The molecule has 0 bridgehead atoms. The lowest BCUT2D eigenvalue weighted by Crippen LogP contribution is -2.35. The van der Waals surface area contributed by atoms with Gasteiger partial charge in [0.2, 0.25) is 0 Å². The Morgan fingerprint density at radius 3 is 3.18 bits per heavy atom. The Morgan fingerprint density at radius 1 is 1.53 bits per heavy atom. The molecule has 1 atom stereocenters. The molecule has 4 heteroatoms. The first-order chi connectivity index (χ1) is 8.33. The second-order valence-corrected chi connectivity index (χ2v) is 4.65. The van der Waals surface area contributed by atoms with E-state index in [-0.39, 0.29) is 0 Å². The maximum atomic E-state index is 9.02. The molecule has 94 valence electrons. The van der Waals surface area contributed by atoms with Crippen molar-refractivity contribution in [1.82, 2.24) is 4.98 Å². The second-order valence-electron chi connectivity index (χ2n) is 4.65. The SMILES string of the molecule is CNc1cncc(N2CCCC(CCO)C2)c1. The topological polar surface area (TPSA) is 48.4 Å². The van der Waals surface area contributed by atoms with Crippen molar-refractivity contribution in [2.45, 2.75) is 19.3 Å². The van der Waals surface area contributed by atoms with Crippen LogP contribution in [-0.4, -0.2) is 36.8 Å². The van der Waals surface area contributed by atoms with Crippen LogP contribution >= 0.6 is 0 Å². The molecular formula is C13H21N3O. The molecule has 0 aliphatic carbocycles. The number of hydrogen-bond acceptors (Lipinski definition) is 4. The van der Waals surface area contributed by atoms with E-state index in [2.05, 4.69) is 21.3 Å². The first kappa shape index (κ1) is 12.2. The smallest absolute Gasteiger partial charge is 0.0573 e. The number of nitrogens with one attached hydrogen (secondary N) is 1. The highest BCUT2D eigenvalue weighted by Gasteiger charge is 2.19. The molecule has 0 amide bonds. The molecule has 0 spiro atoms. The van der Waals surface area contributed by atoms with Gasteiger partial charge in [0, 0.05) is 26.7 Å². The van der Waals surface area contributed by atoms with Gasteiger partial charge >= 0.3 is 0 Å². The van der Waals surface area contributed by atoms with Gasteiger partial charge < -0.3 is 15.3 Å². The Labute approximate surface area is 103 Å². The Kier molecular flexibility index (Phi) is 4.20. The molecule has 1 saturated heterocycles. The highest BCUT2D eigenvalue weighted by atomic mass is 16.3. The Bertz CT molecular complexity index is 354. The van der Waals surface area contributed by atoms with Crippen molar-refractivity contribution < 1.29 is 5.11 Å². The van der Waals surface area contributed by atoms with Gasteiger partial charge in [-0.3, -0.25) is 4.98 Å². The number of hydrogen-bond donors (Lipinski definition) is 2. The Balaban J connectivity index is 2.05. The summed E-state index contributed by atoms with van der Waals surface area (Å²) in [7, 11) is 1.91. The van der Waals surface area contributed by atoms with Crippen molar-refractivity contribution >= 4 is 11.4 Å². The molecule has 4 nitrogen and oxygen atoms in total. The average Bonchev–Trinajstić information content (AvgIpc) is 2.40. The molecule has 0 aromatic carbocycles. The van der Waals surface area contributed by atoms with Crippen molar-refractivity contribution in [3.8, 4) is 0 Å². The van der Waals surface area contributed by atoms with E-state index in [0.717, 1.165) is 25.2 Å². The van der Waals surface area contributed by atoms with Crippen LogP contribution in [0.3, 0.4) is 0 Å². The third kappa shape index (κ3) is 3.09. The molecule has 1 aromatic rings. The molecule has 1 aromatic heterocycles. The predicted molar refractivity (Wildman–Crippen MR) is 70.4 cm³/mol. The number of aliphatic hydroxyl groups excluding tert-OH is 1. The average molecular weight is 235 g/mol. The first-order valence-electron chi connectivity index (χ1n) is 6.32. The summed E-state index contributed by atoms with van der Waals surface area (Å²) in [5, 5.41) is 12.1. The van der Waals surface area contributed by atoms with Crippen molar-refractivity contribution in [2.75, 3.05) is 37.0 Å². The van der Waals surface area contributed by atoms with Gasteiger partial charge in [0.25, 0.3) is 0 Å². The maximum absolute atomic E-state index is 9.02. The lowest BCUT2D eigenvalue weighted by molar-refractivity contribution is 0.244. The molecule has 1 unspecified atom stereocenters. The standard InChI is InChI=1S/C13H21N3O/c1-14-12-7-13(9-15-8-12)16-5-2-3-11(10-16)4-6-17/h7-9,11,14,17H,2-6,10H2,1H3. The number of aromatic nitrogens is 1. The molecule has 2 heterocycles. The van der Waals surface area contributed by atoms with E-state index in [4.69, 9.17) is 5.11 Å². The molecule has 1 aliphatic rings. The fourth-order valence-electron chi connectivity index (χ4n) is 2.46. The van der Waals surface area contributed by atoms with Gasteiger partial charge in [-0.05, 0) is 31.2 Å². The highest BCUT2D eigenvalue weighted by molar-refractivity contribution is 5.55. The van der Waals surface area contributed by atoms with Gasteiger partial charge in [0.15, 0.2) is 0 Å². The number of pyridine rings is 1. The zero-order valence-electron chi connectivity index (χ0n) is 10.4. The van der Waals surface area contributed by atoms with Crippen molar-refractivity contribution in [3.63, 3.8) is 0 Å². The monoisotopic (exact) mass is 235 g/mol. The van der Waals surface area contributed by atoms with Gasteiger partial charge in [-0.15, -0.1) is 0 Å². The largest absolute Gasteiger partial charge is 0.396 e. The third-order valence-electron chi connectivity index (χ3n) is 3.43. The Morgan fingerprint density at radius 2 is 2.41 bits per heavy atom. The van der Waals surface area contributed by atoms with Crippen molar-refractivity contribution in [2.24, 2.45) is 5.92 Å². The molecule has 2 N–H and O–H groups in total. The van der Waals surface area contributed by atoms with Crippen LogP contribution in [0.25, 0.3) is 0 Å². The molecule has 2 rings (SSSR count). The minimum atomic E-state index is 0.299. The maximum Gasteiger partial charge on any atom is 0.0573 e. The van der Waals surface area contributed by atoms with Crippen LogP contribution in [0.1, 0.15) is 19.3 Å². The molecule has 1 aliphatic heterocycles. The zero-order chi connectivity index (χ0) is 12.1. The van der Waals surface area contributed by atoms with E-state index in [0.29, 0.717) is 12.5 Å². The molecule has 17 heavy (non-hydrogen) atoms. The summed E-state index contributed by atoms with van der Waals surface area (Å²) in [5.74, 6) is 0.618. The minimum absolute atomic E-state index is 0.299. The summed E-state index contributed by atoms with van der Waals surface area (Å²) >= 11 is 0. The van der Waals surface area contributed by atoms with Crippen LogP contribution in [0.5, 0.6) is 0 Å². The van der Waals surface area contributed by atoms with Crippen LogP contribution in [0, 0.1) is 5.92 Å². The number of aliphatic hydroxyl groups is 1. The quantitative estimate of drug-likeness (QED) is 0.834. The summed E-state index contributed by atoms with van der Waals surface area (Å²) in [6.45, 7) is 2.43. The zero-order valence-corrected chi connectivity index (χ0v) is 10.4. The van der Waals surface area contributed by atoms with Gasteiger partial charge in [0.05, 0.1) is 23.8 Å². The molecular weight excluding hydrogens is 214 g/mol. The van der Waals surface area contributed by atoms with Crippen LogP contribution in [0.4, 0.5) is 11.4 Å². The molecule has 1 fully saturated rings. The molecule has 0 saturated carbocycles. The number of piperidine rings is 1. The summed E-state index contributed by atoms with van der Waals surface area (Å²) in [6.07, 6.45) is 7.10. The lowest BCUT2D eigenvalue weighted by Gasteiger charge is -2.34. The summed E-state index contributed by atoms with van der Waals surface area (Å²) in [6, 6.07) is 2.13. The highest BCUT2D eigenvalue weighted by Crippen LogP contribution is 2.25. The summed E-state index contributed by atoms with van der Waals surface area (Å²) in [5.41, 5.74) is 2.23. The van der Waals surface area contributed by atoms with Crippen molar-refractivity contribution in [1.29, 1.82) is 0 Å². The van der Waals surface area contributed by atoms with E-state index in [1.54, 1.807) is 0 Å². The normalized spacial score (nSPS) is 20.4. The van der Waals surface area contributed by atoms with Gasteiger partial charge in [-0.25, -0.2) is 0 Å². The van der Waals surface area contributed by atoms with E-state index < -0.39 is 0 Å². The summed E-state index contributed by atoms with van der Waals surface area (Å²) in [4.78, 5) is 6.62. The van der Waals surface area contributed by atoms with Crippen LogP contribution in [0.15, 0.2) is 18.5 Å². The minimum Gasteiger partial charge on any atom is -0.396 e. The lowest BCUT2D eigenvalue weighted by atomic mass is 9.95. The van der Waals surface area contributed by atoms with Crippen LogP contribution < -0.4 is 10.2 Å². The van der Waals surface area contributed by atoms with E-state index in [1.807, 2.05) is 19.4 Å². The number of anilines is 2. The fourth-order valence-corrected chi connectivity index (χ4v) is 2.46. The summed E-state index contributed by atoms with van der Waals surface area (Å²) < 4.78 is 0. The third-order valence-corrected chi connectivity index (χ3v) is 3.43. The Hall–Kier alpha value is -1.29. The fraction of sp³-hybridized carbons (Fsp3) is 0.615. The second kappa shape index (κ2) is 5.87. The van der Waals surface area contributed by atoms with E-state index in [1.165, 1.54) is 18.5 Å². The van der Waals surface area contributed by atoms with Gasteiger partial charge in [-0.1, -0.05) is 0 Å². The number of nitrogens with zero attached hydrogens (tertiary/aromatic N) is 2. The van der Waals surface area contributed by atoms with Gasteiger partial charge in [-0.2, -0.15) is 0 Å².